The minimum absolute atomic E-state index is 0.00948. The third-order valence-corrected chi connectivity index (χ3v) is 19.6. The summed E-state index contributed by atoms with van der Waals surface area (Å²) < 4.78 is 0. The molecule has 5 fully saturated rings. The number of hydrogen-bond acceptors (Lipinski definition) is 6. The topological polar surface area (TPSA) is 169 Å². The molecule has 2 N–H and O–H groups in total. The summed E-state index contributed by atoms with van der Waals surface area (Å²) in [5, 5.41) is 22.8. The molecule has 0 saturated carbocycles. The number of urea groups is 4. The van der Waals surface area contributed by atoms with Gasteiger partial charge in [0.1, 0.15) is 0 Å². The van der Waals surface area contributed by atoms with Crippen molar-refractivity contribution in [1.82, 2.24) is 19.6 Å². The molecule has 16 rings (SSSR count). The number of para-hydroxylation sites is 6. The van der Waals surface area contributed by atoms with Crippen LogP contribution in [0.1, 0.15) is 65.5 Å². The van der Waals surface area contributed by atoms with Crippen LogP contribution in [0.15, 0.2) is 194 Å². The number of hydrogen-bond donors (Lipinski definition) is 2. The lowest BCUT2D eigenvalue weighted by Gasteiger charge is -2.51. The van der Waals surface area contributed by atoms with Gasteiger partial charge in [-0.2, -0.15) is 0 Å². The second kappa shape index (κ2) is 21.6. The zero-order valence-corrected chi connectivity index (χ0v) is 48.4. The summed E-state index contributed by atoms with van der Waals surface area (Å²) in [5.41, 5.74) is 10.8. The molecule has 0 aliphatic carbocycles. The second-order valence-electron chi connectivity index (χ2n) is 24.2. The van der Waals surface area contributed by atoms with E-state index in [9.17, 15) is 19.8 Å². The molecule has 8 aromatic carbocycles. The van der Waals surface area contributed by atoms with E-state index in [1.807, 2.05) is 194 Å². The Kier molecular flexibility index (Phi) is 13.4. The van der Waals surface area contributed by atoms with E-state index < -0.39 is 59.7 Å². The molecular formula is C72H64N8O8. The Hall–Kier alpha value is -10.2. The molecule has 8 heterocycles. The highest BCUT2D eigenvalue weighted by molar-refractivity contribution is 6.08. The van der Waals surface area contributed by atoms with Crippen molar-refractivity contribution < 1.29 is 39.0 Å². The number of fused-ring (bicyclic) bond motifs is 12. The van der Waals surface area contributed by atoms with E-state index in [1.54, 1.807) is 29.4 Å². The molecule has 1 unspecified atom stereocenters. The Labute approximate surface area is 509 Å². The molecule has 0 spiro atoms. The Balaban J connectivity index is 0.762. The van der Waals surface area contributed by atoms with Crippen LogP contribution in [0.5, 0.6) is 0 Å². The van der Waals surface area contributed by atoms with Gasteiger partial charge in [-0.3, -0.25) is 19.6 Å². The van der Waals surface area contributed by atoms with Crippen molar-refractivity contribution in [3.8, 4) is 11.1 Å². The van der Waals surface area contributed by atoms with Crippen LogP contribution in [0.2, 0.25) is 0 Å². The van der Waals surface area contributed by atoms with Crippen LogP contribution in [0.4, 0.5) is 64.7 Å². The average Bonchev–Trinajstić information content (AvgIpc) is 1.37. The molecule has 16 nitrogen and oxygen atoms in total. The van der Waals surface area contributed by atoms with Gasteiger partial charge in [-0.1, -0.05) is 133 Å². The number of likely N-dealkylation sites (tertiary alicyclic amines) is 1. The minimum atomic E-state index is -1.74. The summed E-state index contributed by atoms with van der Waals surface area (Å²) in [7, 11) is 0. The number of rotatable bonds is 5. The first kappa shape index (κ1) is 54.4. The third kappa shape index (κ3) is 8.77. The summed E-state index contributed by atoms with van der Waals surface area (Å²) in [4.78, 5) is 104. The van der Waals surface area contributed by atoms with Crippen LogP contribution < -0.4 is 19.6 Å². The lowest BCUT2D eigenvalue weighted by molar-refractivity contribution is -0.153. The number of carbonyl (C=O) groups excluding carboxylic acids is 4. The van der Waals surface area contributed by atoms with Crippen molar-refractivity contribution in [2.45, 2.75) is 93.9 Å². The van der Waals surface area contributed by atoms with Crippen molar-refractivity contribution in [1.29, 1.82) is 0 Å². The Morgan fingerprint density at radius 2 is 0.989 bits per heavy atom. The van der Waals surface area contributed by atoms with Crippen LogP contribution in [-0.2, 0) is 41.7 Å². The Morgan fingerprint density at radius 1 is 0.466 bits per heavy atom. The van der Waals surface area contributed by atoms with Crippen LogP contribution in [0, 0.1) is 0 Å². The van der Waals surface area contributed by atoms with Crippen LogP contribution >= 0.6 is 0 Å². The number of anilines is 8. The molecule has 5 atom stereocenters. The first-order valence-corrected chi connectivity index (χ1v) is 30.6. The first-order chi connectivity index (χ1) is 43.0. The zero-order chi connectivity index (χ0) is 59.9. The first-order valence-electron chi connectivity index (χ1n) is 30.6. The van der Waals surface area contributed by atoms with E-state index in [4.69, 9.17) is 0 Å². The Morgan fingerprint density at radius 3 is 1.60 bits per heavy atom. The van der Waals surface area contributed by atoms with Gasteiger partial charge >= 0.3 is 36.1 Å². The SMILES string of the molecule is O=C(O)[C@@H]1[C@H]2CC[C@@H](CN1C(=O)N1c3ccccc3CCc3c(-c4cccc(N(C(=O)N5CC6(C(=O)O)CCC[C@H]5CN6C(=O)N5c6ccccc6Cc6ccccc65)c5ccccc5)c4)cccc31)N2C(=O)N1c2ccccc2CCc2ccccc21. The van der Waals surface area contributed by atoms with Gasteiger partial charge in [0, 0.05) is 19.5 Å². The number of aryl methyl sites for hydroxylation is 3. The highest BCUT2D eigenvalue weighted by Crippen LogP contribution is 2.48. The second-order valence-corrected chi connectivity index (χ2v) is 24.2. The molecular weight excluding hydrogens is 1100 g/mol. The lowest BCUT2D eigenvalue weighted by Crippen LogP contribution is -2.71. The molecule has 5 saturated heterocycles. The normalized spacial score (nSPS) is 21.3. The van der Waals surface area contributed by atoms with E-state index in [0.29, 0.717) is 79.1 Å². The fourth-order valence-electron chi connectivity index (χ4n) is 15.5. The molecule has 0 radical (unpaired) electrons. The molecule has 8 aromatic rings. The van der Waals surface area contributed by atoms with E-state index in [0.717, 1.165) is 68.7 Å². The largest absolute Gasteiger partial charge is 0.480 e. The number of nitrogens with zero attached hydrogens (tertiary/aromatic N) is 8. The van der Waals surface area contributed by atoms with E-state index >= 15 is 19.2 Å². The smallest absolute Gasteiger partial charge is 0.331 e. The third-order valence-electron chi connectivity index (χ3n) is 19.6. The van der Waals surface area contributed by atoms with E-state index in [-0.39, 0.29) is 32.1 Å². The van der Waals surface area contributed by atoms with Gasteiger partial charge in [0.15, 0.2) is 11.6 Å². The minimum Gasteiger partial charge on any atom is -0.480 e. The zero-order valence-electron chi connectivity index (χ0n) is 48.4. The highest BCUT2D eigenvalue weighted by atomic mass is 16.4. The van der Waals surface area contributed by atoms with Crippen molar-refractivity contribution >= 4 is 81.6 Å². The maximum absolute atomic E-state index is 15.9. The number of carbonyl (C=O) groups is 6. The van der Waals surface area contributed by atoms with Crippen LogP contribution in [0.25, 0.3) is 11.1 Å². The molecule has 8 aliphatic heterocycles. The molecule has 4 bridgehead atoms. The van der Waals surface area contributed by atoms with Crippen molar-refractivity contribution in [3.05, 3.63) is 228 Å². The molecule has 8 aliphatic rings. The van der Waals surface area contributed by atoms with Gasteiger partial charge in [0.05, 0.1) is 70.2 Å². The Bertz CT molecular complexity index is 4080. The van der Waals surface area contributed by atoms with Crippen LogP contribution in [-0.4, -0.2) is 115 Å². The number of amides is 8. The predicted octanol–water partition coefficient (Wildman–Crippen LogP) is 13.5. The fourth-order valence-corrected chi connectivity index (χ4v) is 15.5. The summed E-state index contributed by atoms with van der Waals surface area (Å²) in [5.74, 6) is -2.36. The van der Waals surface area contributed by atoms with E-state index in [2.05, 4.69) is 0 Å². The highest BCUT2D eigenvalue weighted by Gasteiger charge is 2.58. The number of carboxylic acids is 2. The number of piperazine rings is 2. The summed E-state index contributed by atoms with van der Waals surface area (Å²) in [6, 6.07) is 56.9. The number of benzene rings is 8. The summed E-state index contributed by atoms with van der Waals surface area (Å²) >= 11 is 0. The average molecular weight is 1170 g/mol. The van der Waals surface area contributed by atoms with Crippen LogP contribution in [0.3, 0.4) is 0 Å². The molecule has 8 amide bonds. The molecule has 0 aromatic heterocycles. The quantitative estimate of drug-likeness (QED) is 0.172. The van der Waals surface area contributed by atoms with Gasteiger partial charge in [-0.25, -0.2) is 28.8 Å². The van der Waals surface area contributed by atoms with Crippen molar-refractivity contribution in [2.75, 3.05) is 39.2 Å². The molecule has 16 heteroatoms. The maximum Gasteiger partial charge on any atom is 0.331 e. The number of carboxylic acid groups (broad SMARTS) is 2. The lowest BCUT2D eigenvalue weighted by atomic mass is 9.90. The van der Waals surface area contributed by atoms with Gasteiger partial charge in [-0.15, -0.1) is 0 Å². The van der Waals surface area contributed by atoms with Gasteiger partial charge in [0.2, 0.25) is 0 Å². The maximum atomic E-state index is 15.9. The summed E-state index contributed by atoms with van der Waals surface area (Å²) in [6.07, 6.45) is 5.26. The van der Waals surface area contributed by atoms with Crippen molar-refractivity contribution in [3.63, 3.8) is 0 Å². The standard InChI is InChI=1S/C72H64N8O8/c81-66(82)65-64-39-37-55(77(64)71(88)79-58-28-9-4-17-46(58)34-35-47-18-5-10-29-59(47)79)43-73(65)68(85)80-60-30-11-6-19-48(60)36-38-57-56(27-15-33-63(57)80)49-22-14-25-53(42-49)76(52-23-2-1-3-24-52)69(86)74-45-72(67(83)84)40-16-26-54(74)44-75(72)70(87)78-61-31-12-7-20-50(61)41-51-21-8-13-32-62(51)78/h1-15,17-25,27-33,42,54-55,64-65H,16,26,34-41,43-45H2,(H,81,82)(H,83,84)/t54-,55-,64+,65-,72?/m0/s1. The van der Waals surface area contributed by atoms with Gasteiger partial charge in [-0.05, 0) is 163 Å². The fraction of sp³-hybridized carbons (Fsp3) is 0.250. The van der Waals surface area contributed by atoms with Crippen molar-refractivity contribution in [2.24, 2.45) is 0 Å². The molecule has 88 heavy (non-hydrogen) atoms. The van der Waals surface area contributed by atoms with Gasteiger partial charge < -0.3 is 29.8 Å². The van der Waals surface area contributed by atoms with E-state index in [1.165, 1.54) is 9.80 Å². The van der Waals surface area contributed by atoms with Gasteiger partial charge in [0.25, 0.3) is 0 Å². The molecule has 440 valence electrons. The predicted molar refractivity (Wildman–Crippen MR) is 336 cm³/mol. The monoisotopic (exact) mass is 1170 g/mol. The number of aliphatic carboxylic acids is 2. The summed E-state index contributed by atoms with van der Waals surface area (Å²) in [6.45, 7) is -0.208.